The van der Waals surface area contributed by atoms with E-state index in [1.54, 1.807) is 10.8 Å². The Morgan fingerprint density at radius 2 is 2.03 bits per heavy atom. The zero-order valence-corrected chi connectivity index (χ0v) is 15.6. The van der Waals surface area contributed by atoms with Crippen LogP contribution in [-0.2, 0) is 11.3 Å². The fraction of sp³-hybridized carbons (Fsp3) is 0.588. The molecular formula is C17H22N8O4. The minimum absolute atomic E-state index is 0.0745. The van der Waals surface area contributed by atoms with Gasteiger partial charge >= 0.3 is 6.01 Å². The quantitative estimate of drug-likeness (QED) is 0.514. The first-order valence-corrected chi connectivity index (χ1v) is 9.62. The van der Waals surface area contributed by atoms with Gasteiger partial charge in [-0.1, -0.05) is 5.21 Å². The summed E-state index contributed by atoms with van der Waals surface area (Å²) in [5.41, 5.74) is 6.81. The van der Waals surface area contributed by atoms with Crippen LogP contribution in [0, 0.1) is 0 Å². The number of rotatable bonds is 5. The summed E-state index contributed by atoms with van der Waals surface area (Å²) >= 11 is 0. The van der Waals surface area contributed by atoms with Gasteiger partial charge in [0.2, 0.25) is 0 Å². The lowest BCUT2D eigenvalue weighted by atomic mass is 10.1. The molecule has 0 spiro atoms. The average molecular weight is 402 g/mol. The molecule has 0 unspecified atom stereocenters. The lowest BCUT2D eigenvalue weighted by Crippen LogP contribution is -2.33. The van der Waals surface area contributed by atoms with Gasteiger partial charge in [0, 0.05) is 6.20 Å². The number of nitrogen functional groups attached to an aromatic ring is 1. The lowest BCUT2D eigenvalue weighted by molar-refractivity contribution is -0.0404. The Kier molecular flexibility index (Phi) is 4.53. The Morgan fingerprint density at radius 1 is 1.21 bits per heavy atom. The van der Waals surface area contributed by atoms with Crippen LogP contribution in [0.5, 0.6) is 6.01 Å². The summed E-state index contributed by atoms with van der Waals surface area (Å²) < 4.78 is 14.9. The first-order valence-electron chi connectivity index (χ1n) is 9.62. The molecule has 1 saturated carbocycles. The largest absolute Gasteiger partial charge is 0.460 e. The van der Waals surface area contributed by atoms with E-state index in [0.29, 0.717) is 11.2 Å². The number of aliphatic hydroxyl groups excluding tert-OH is 2. The third-order valence-corrected chi connectivity index (χ3v) is 5.45. The third-order valence-electron chi connectivity index (χ3n) is 5.45. The van der Waals surface area contributed by atoms with Crippen molar-refractivity contribution in [3.63, 3.8) is 0 Å². The number of hydrogen-bond donors (Lipinski definition) is 3. The van der Waals surface area contributed by atoms with E-state index in [1.165, 1.54) is 17.2 Å². The molecule has 4 N–H and O–H groups in total. The summed E-state index contributed by atoms with van der Waals surface area (Å²) in [7, 11) is 0. The number of fused-ring (bicyclic) bond motifs is 1. The maximum atomic E-state index is 10.6. The lowest BCUT2D eigenvalue weighted by Gasteiger charge is -2.17. The highest BCUT2D eigenvalue weighted by atomic mass is 16.6. The van der Waals surface area contributed by atoms with Crippen molar-refractivity contribution in [3.05, 3.63) is 18.7 Å². The molecule has 4 heterocycles. The van der Waals surface area contributed by atoms with Crippen molar-refractivity contribution in [2.45, 2.75) is 62.9 Å². The molecule has 0 aromatic carbocycles. The van der Waals surface area contributed by atoms with Crippen LogP contribution in [0.3, 0.4) is 0 Å². The summed E-state index contributed by atoms with van der Waals surface area (Å²) in [4.78, 5) is 12.9. The zero-order valence-electron chi connectivity index (χ0n) is 15.6. The maximum Gasteiger partial charge on any atom is 0.320 e. The predicted molar refractivity (Wildman–Crippen MR) is 98.6 cm³/mol. The second-order valence-corrected chi connectivity index (χ2v) is 7.41. The molecule has 29 heavy (non-hydrogen) atoms. The molecule has 0 radical (unpaired) electrons. The van der Waals surface area contributed by atoms with E-state index >= 15 is 0 Å². The van der Waals surface area contributed by atoms with Crippen LogP contribution in [-0.4, -0.2) is 69.1 Å². The Hall–Kier alpha value is -2.83. The number of anilines is 1. The molecule has 1 aliphatic carbocycles. The molecule has 1 saturated heterocycles. The van der Waals surface area contributed by atoms with E-state index in [9.17, 15) is 10.2 Å². The molecule has 12 nitrogen and oxygen atoms in total. The molecule has 2 aliphatic rings. The van der Waals surface area contributed by atoms with E-state index in [1.807, 2.05) is 0 Å². The molecule has 4 atom stereocenters. The summed E-state index contributed by atoms with van der Waals surface area (Å²) in [5.74, 6) is 0.189. The fourth-order valence-corrected chi connectivity index (χ4v) is 3.94. The third kappa shape index (κ3) is 3.28. The van der Waals surface area contributed by atoms with Crippen molar-refractivity contribution in [3.8, 4) is 6.01 Å². The molecule has 154 valence electrons. The number of aromatic nitrogens is 7. The van der Waals surface area contributed by atoms with Crippen molar-refractivity contribution in [1.82, 2.24) is 34.5 Å². The number of nitrogens with zero attached hydrogens (tertiary/aromatic N) is 7. The Bertz CT molecular complexity index is 987. The molecule has 0 amide bonds. The Labute approximate surface area is 165 Å². The highest BCUT2D eigenvalue weighted by Gasteiger charge is 2.44. The van der Waals surface area contributed by atoms with E-state index in [-0.39, 0.29) is 24.5 Å². The summed E-state index contributed by atoms with van der Waals surface area (Å²) in [6.07, 6.45) is 5.01. The van der Waals surface area contributed by atoms with Gasteiger partial charge in [0.15, 0.2) is 23.2 Å². The maximum absolute atomic E-state index is 10.6. The van der Waals surface area contributed by atoms with Crippen LogP contribution < -0.4 is 10.5 Å². The number of nitrogens with two attached hydrogens (primary N) is 1. The van der Waals surface area contributed by atoms with Crippen LogP contribution in [0.1, 0.15) is 31.9 Å². The zero-order chi connectivity index (χ0) is 20.0. The van der Waals surface area contributed by atoms with Gasteiger partial charge in [-0.05, 0) is 25.7 Å². The average Bonchev–Trinajstić information content (AvgIpc) is 3.48. The first kappa shape index (κ1) is 18.2. The van der Waals surface area contributed by atoms with Crippen LogP contribution in [0.15, 0.2) is 18.7 Å². The van der Waals surface area contributed by atoms with Gasteiger partial charge in [-0.3, -0.25) is 4.57 Å². The van der Waals surface area contributed by atoms with Gasteiger partial charge in [0.05, 0.1) is 19.1 Å². The standard InChI is InChI=1S/C17H22N8O4/c18-14-11-15(22-17(21-14)28-9-3-1-2-4-9)25(8-19-11)16-13(27)12(26)10(29-16)7-24-6-5-20-23-24/h5-6,8-10,12-13,16,26-27H,1-4,7H2,(H2,18,21,22)/t10-,12-,13-,16-/m1/s1. The van der Waals surface area contributed by atoms with Crippen LogP contribution >= 0.6 is 0 Å². The van der Waals surface area contributed by atoms with Gasteiger partial charge in [-0.2, -0.15) is 9.97 Å². The second-order valence-electron chi connectivity index (χ2n) is 7.41. The van der Waals surface area contributed by atoms with Crippen LogP contribution in [0.2, 0.25) is 0 Å². The van der Waals surface area contributed by atoms with Gasteiger partial charge in [-0.15, -0.1) is 5.10 Å². The van der Waals surface area contributed by atoms with E-state index < -0.39 is 24.5 Å². The summed E-state index contributed by atoms with van der Waals surface area (Å²) in [6.45, 7) is 0.245. The summed E-state index contributed by atoms with van der Waals surface area (Å²) in [5, 5.41) is 28.6. The Balaban J connectivity index is 1.43. The molecule has 0 bridgehead atoms. The fourth-order valence-electron chi connectivity index (χ4n) is 3.94. The first-order chi connectivity index (χ1) is 14.1. The number of hydrogen-bond acceptors (Lipinski definition) is 10. The van der Waals surface area contributed by atoms with Crippen molar-refractivity contribution < 1.29 is 19.7 Å². The number of ether oxygens (including phenoxy) is 2. The topological polar surface area (TPSA) is 159 Å². The van der Waals surface area contributed by atoms with E-state index in [0.717, 1.165) is 25.7 Å². The number of imidazole rings is 1. The van der Waals surface area contributed by atoms with Gasteiger partial charge in [0.25, 0.3) is 0 Å². The molecule has 12 heteroatoms. The van der Waals surface area contributed by atoms with Crippen molar-refractivity contribution in [1.29, 1.82) is 0 Å². The van der Waals surface area contributed by atoms with Crippen molar-refractivity contribution in [2.75, 3.05) is 5.73 Å². The molecule has 3 aromatic rings. The number of aliphatic hydroxyl groups is 2. The highest BCUT2D eigenvalue weighted by molar-refractivity contribution is 5.82. The van der Waals surface area contributed by atoms with Gasteiger partial charge in [-0.25, -0.2) is 9.67 Å². The van der Waals surface area contributed by atoms with E-state index in [2.05, 4.69) is 25.3 Å². The molecule has 5 rings (SSSR count). The van der Waals surface area contributed by atoms with E-state index in [4.69, 9.17) is 15.2 Å². The molecule has 2 fully saturated rings. The minimum Gasteiger partial charge on any atom is -0.460 e. The Morgan fingerprint density at radius 3 is 2.79 bits per heavy atom. The normalized spacial score (nSPS) is 27.8. The second kappa shape index (κ2) is 7.21. The van der Waals surface area contributed by atoms with Crippen molar-refractivity contribution >= 4 is 17.0 Å². The van der Waals surface area contributed by atoms with Gasteiger partial charge in [0.1, 0.15) is 24.4 Å². The smallest absolute Gasteiger partial charge is 0.320 e. The highest BCUT2D eigenvalue weighted by Crippen LogP contribution is 2.33. The molecule has 1 aliphatic heterocycles. The minimum atomic E-state index is -1.18. The summed E-state index contributed by atoms with van der Waals surface area (Å²) in [6, 6.07) is 0.177. The molecule has 3 aromatic heterocycles. The predicted octanol–water partition coefficient (Wildman–Crippen LogP) is -0.359. The monoisotopic (exact) mass is 402 g/mol. The van der Waals surface area contributed by atoms with Crippen LogP contribution in [0.4, 0.5) is 5.82 Å². The van der Waals surface area contributed by atoms with Gasteiger partial charge < -0.3 is 25.4 Å². The van der Waals surface area contributed by atoms with Crippen LogP contribution in [0.25, 0.3) is 11.2 Å². The van der Waals surface area contributed by atoms with Crippen molar-refractivity contribution in [2.24, 2.45) is 0 Å². The molecular weight excluding hydrogens is 380 g/mol. The SMILES string of the molecule is Nc1nc(OC2CCCC2)nc2c1ncn2[C@@H]1O[C@H](Cn2ccnn2)[C@@H](O)[C@H]1O.